The van der Waals surface area contributed by atoms with Crippen molar-refractivity contribution in [3.63, 3.8) is 0 Å². The molecule has 0 unspecified atom stereocenters. The van der Waals surface area contributed by atoms with Gasteiger partial charge in [-0.25, -0.2) is 0 Å². The number of benzene rings is 3. The zero-order valence-electron chi connectivity index (χ0n) is 18.0. The maximum atomic E-state index is 13.2. The van der Waals surface area contributed by atoms with Crippen LogP contribution in [0.25, 0.3) is 11.3 Å². The first-order chi connectivity index (χ1) is 15.8. The molecule has 0 bridgehead atoms. The molecule has 1 aliphatic rings. The maximum Gasteiger partial charge on any atom is 0.416 e. The fraction of sp³-hybridized carbons (Fsp3) is 0.160. The Labute approximate surface area is 188 Å². The number of nitrogens with one attached hydrogen (secondary N) is 1. The minimum absolute atomic E-state index is 0.277. The molecular weight excluding hydrogens is 435 g/mol. The molecule has 0 saturated heterocycles. The van der Waals surface area contributed by atoms with Crippen LogP contribution in [0.4, 0.5) is 18.9 Å². The molecule has 3 aromatic carbocycles. The zero-order chi connectivity index (χ0) is 23.8. The predicted molar refractivity (Wildman–Crippen MR) is 119 cm³/mol. The summed E-state index contributed by atoms with van der Waals surface area (Å²) in [6.45, 7) is 0. The molecule has 3 aromatic rings. The topological polar surface area (TPSA) is 56.8 Å². The fourth-order valence-electron chi connectivity index (χ4n) is 3.81. The van der Waals surface area contributed by atoms with Gasteiger partial charge in [0.25, 0.3) is 0 Å². The number of ketones is 1. The van der Waals surface area contributed by atoms with Crippen LogP contribution >= 0.6 is 0 Å². The molecular formula is C25H20F3NO4. The number of allylic oxidation sites excluding steroid dienone is 1. The highest BCUT2D eigenvalue weighted by atomic mass is 19.4. The number of hydrogen-bond donors (Lipinski definition) is 1. The quantitative estimate of drug-likeness (QED) is 0.501. The van der Waals surface area contributed by atoms with Gasteiger partial charge in [0.1, 0.15) is 0 Å². The van der Waals surface area contributed by atoms with Gasteiger partial charge in [0.2, 0.25) is 5.75 Å². The highest BCUT2D eigenvalue weighted by molar-refractivity contribution is 6.40. The van der Waals surface area contributed by atoms with Gasteiger partial charge in [-0.1, -0.05) is 36.4 Å². The number of methoxy groups -OCH3 is 3. The summed E-state index contributed by atoms with van der Waals surface area (Å²) in [6.07, 6.45) is -4.47. The van der Waals surface area contributed by atoms with Gasteiger partial charge < -0.3 is 19.5 Å². The van der Waals surface area contributed by atoms with Crippen molar-refractivity contribution in [2.24, 2.45) is 0 Å². The molecule has 170 valence electrons. The van der Waals surface area contributed by atoms with Crippen molar-refractivity contribution in [1.29, 1.82) is 0 Å². The molecule has 1 N–H and O–H groups in total. The Morgan fingerprint density at radius 2 is 1.36 bits per heavy atom. The van der Waals surface area contributed by atoms with Gasteiger partial charge in [-0.05, 0) is 17.7 Å². The Hall–Kier alpha value is -3.94. The van der Waals surface area contributed by atoms with Crippen molar-refractivity contribution in [3.05, 3.63) is 82.9 Å². The molecule has 0 saturated carbocycles. The number of alkyl halides is 3. The van der Waals surface area contributed by atoms with Crippen molar-refractivity contribution in [2.45, 2.75) is 6.18 Å². The summed E-state index contributed by atoms with van der Waals surface area (Å²) in [6, 6.07) is 14.9. The second-order valence-corrected chi connectivity index (χ2v) is 7.24. The van der Waals surface area contributed by atoms with Crippen LogP contribution in [0.2, 0.25) is 0 Å². The Balaban J connectivity index is 1.85. The van der Waals surface area contributed by atoms with Gasteiger partial charge in [0.15, 0.2) is 17.3 Å². The molecule has 0 amide bonds. The molecule has 0 atom stereocenters. The molecule has 0 spiro atoms. The van der Waals surface area contributed by atoms with Crippen LogP contribution in [-0.4, -0.2) is 27.1 Å². The third-order valence-corrected chi connectivity index (χ3v) is 5.35. The summed E-state index contributed by atoms with van der Waals surface area (Å²) in [4.78, 5) is 13.2. The third-order valence-electron chi connectivity index (χ3n) is 5.35. The minimum Gasteiger partial charge on any atom is -0.493 e. The first-order valence-corrected chi connectivity index (χ1v) is 9.91. The van der Waals surface area contributed by atoms with Crippen molar-refractivity contribution in [1.82, 2.24) is 0 Å². The van der Waals surface area contributed by atoms with E-state index in [-0.39, 0.29) is 11.4 Å². The first kappa shape index (κ1) is 22.3. The van der Waals surface area contributed by atoms with Gasteiger partial charge >= 0.3 is 6.18 Å². The van der Waals surface area contributed by atoms with Gasteiger partial charge in [-0.15, -0.1) is 0 Å². The van der Waals surface area contributed by atoms with E-state index >= 15 is 0 Å². The second-order valence-electron chi connectivity index (χ2n) is 7.24. The van der Waals surface area contributed by atoms with E-state index in [1.54, 1.807) is 36.4 Å². The molecule has 4 rings (SSSR count). The van der Waals surface area contributed by atoms with E-state index in [1.165, 1.54) is 33.5 Å². The Morgan fingerprint density at radius 1 is 0.788 bits per heavy atom. The summed E-state index contributed by atoms with van der Waals surface area (Å²) in [7, 11) is 4.47. The maximum absolute atomic E-state index is 13.2. The average Bonchev–Trinajstić information content (AvgIpc) is 3.09. The standard InChI is InChI=1S/C25H20F3NO4/c1-31-19-12-16(13-20(32-2)24(19)33-3)29-22-17-6-4-5-7-18(17)23(30)21(22)14-8-10-15(11-9-14)25(26,27)28/h4-13,29H,1-3H3. The fourth-order valence-corrected chi connectivity index (χ4v) is 3.81. The largest absolute Gasteiger partial charge is 0.493 e. The van der Waals surface area contributed by atoms with Gasteiger partial charge in [-0.3, -0.25) is 4.79 Å². The Bertz CT molecular complexity index is 1220. The molecule has 0 fully saturated rings. The number of halogens is 3. The van der Waals surface area contributed by atoms with Crippen LogP contribution in [0.3, 0.4) is 0 Å². The number of Topliss-reactive ketones (excluding diaryl/α,β-unsaturated/α-hetero) is 1. The van der Waals surface area contributed by atoms with Crippen molar-refractivity contribution >= 4 is 22.7 Å². The number of rotatable bonds is 6. The van der Waals surface area contributed by atoms with Crippen LogP contribution in [0.1, 0.15) is 27.0 Å². The molecule has 8 heteroatoms. The van der Waals surface area contributed by atoms with E-state index in [0.29, 0.717) is 45.3 Å². The summed E-state index contributed by atoms with van der Waals surface area (Å²) in [5.41, 5.74) is 2.00. The van der Waals surface area contributed by atoms with Crippen molar-refractivity contribution < 1.29 is 32.2 Å². The number of ether oxygens (including phenoxy) is 3. The van der Waals surface area contributed by atoms with E-state index in [2.05, 4.69) is 5.32 Å². The Morgan fingerprint density at radius 3 is 1.88 bits per heavy atom. The van der Waals surface area contributed by atoms with Gasteiger partial charge in [-0.2, -0.15) is 13.2 Å². The highest BCUT2D eigenvalue weighted by Crippen LogP contribution is 2.43. The van der Waals surface area contributed by atoms with E-state index < -0.39 is 11.7 Å². The van der Waals surface area contributed by atoms with Crippen LogP contribution in [0, 0.1) is 0 Å². The summed E-state index contributed by atoms with van der Waals surface area (Å²) in [5.74, 6) is 0.952. The van der Waals surface area contributed by atoms with E-state index in [9.17, 15) is 18.0 Å². The van der Waals surface area contributed by atoms with Crippen LogP contribution in [0.5, 0.6) is 17.2 Å². The predicted octanol–water partition coefficient (Wildman–Crippen LogP) is 5.91. The summed E-state index contributed by atoms with van der Waals surface area (Å²) in [5, 5.41) is 3.24. The van der Waals surface area contributed by atoms with Crippen LogP contribution in [-0.2, 0) is 6.18 Å². The molecule has 0 heterocycles. The van der Waals surface area contributed by atoms with E-state index in [4.69, 9.17) is 14.2 Å². The number of carbonyl (C=O) groups excluding carboxylic acids is 1. The van der Waals surface area contributed by atoms with Crippen molar-refractivity contribution in [3.8, 4) is 17.2 Å². The zero-order valence-corrected chi connectivity index (χ0v) is 18.0. The molecule has 1 aliphatic carbocycles. The van der Waals surface area contributed by atoms with Crippen molar-refractivity contribution in [2.75, 3.05) is 26.6 Å². The molecule has 0 radical (unpaired) electrons. The van der Waals surface area contributed by atoms with Gasteiger partial charge in [0, 0.05) is 28.9 Å². The van der Waals surface area contributed by atoms with Gasteiger partial charge in [0.05, 0.1) is 38.2 Å². The number of hydrogen-bond acceptors (Lipinski definition) is 5. The number of carbonyl (C=O) groups is 1. The van der Waals surface area contributed by atoms with Crippen LogP contribution < -0.4 is 19.5 Å². The lowest BCUT2D eigenvalue weighted by atomic mass is 10.00. The monoisotopic (exact) mass is 455 g/mol. The summed E-state index contributed by atoms with van der Waals surface area (Å²) < 4.78 is 55.2. The van der Waals surface area contributed by atoms with E-state index in [1.807, 2.05) is 0 Å². The molecule has 0 aromatic heterocycles. The lowest BCUT2D eigenvalue weighted by Gasteiger charge is -2.17. The molecule has 0 aliphatic heterocycles. The third kappa shape index (κ3) is 4.00. The Kier molecular flexibility index (Phi) is 5.76. The molecule has 33 heavy (non-hydrogen) atoms. The lowest BCUT2D eigenvalue weighted by molar-refractivity contribution is -0.137. The lowest BCUT2D eigenvalue weighted by Crippen LogP contribution is -2.06. The average molecular weight is 455 g/mol. The second kappa shape index (κ2) is 8.54. The molecule has 5 nitrogen and oxygen atoms in total. The smallest absolute Gasteiger partial charge is 0.416 e. The summed E-state index contributed by atoms with van der Waals surface area (Å²) >= 11 is 0. The normalized spacial score (nSPS) is 13.1. The SMILES string of the molecule is COc1cc(NC2=C(c3ccc(C(F)(F)F)cc3)C(=O)c3ccccc32)cc(OC)c1OC. The first-order valence-electron chi connectivity index (χ1n) is 9.91. The number of fused-ring (bicyclic) bond motifs is 1. The number of anilines is 1. The van der Waals surface area contributed by atoms with Crippen LogP contribution in [0.15, 0.2) is 60.7 Å². The highest BCUT2D eigenvalue weighted by Gasteiger charge is 2.33. The minimum atomic E-state index is -4.47. The van der Waals surface area contributed by atoms with E-state index in [0.717, 1.165) is 12.1 Å².